The maximum atomic E-state index is 11.9. The van der Waals surface area contributed by atoms with Crippen molar-refractivity contribution in [2.75, 3.05) is 45.9 Å². The van der Waals surface area contributed by atoms with Crippen molar-refractivity contribution in [2.24, 2.45) is 5.92 Å². The van der Waals surface area contributed by atoms with Gasteiger partial charge in [0.25, 0.3) is 0 Å². The van der Waals surface area contributed by atoms with Gasteiger partial charge in [-0.05, 0) is 20.8 Å². The van der Waals surface area contributed by atoms with Gasteiger partial charge in [-0.3, -0.25) is 9.59 Å². The monoisotopic (exact) mass is 341 g/mol. The first-order valence-corrected chi connectivity index (χ1v) is 8.35. The molecule has 136 valence electrons. The van der Waals surface area contributed by atoms with E-state index in [1.54, 1.807) is 9.80 Å². The molecule has 8 heteroatoms. The highest BCUT2D eigenvalue weighted by atomic mass is 16.6. The van der Waals surface area contributed by atoms with Crippen LogP contribution in [0.2, 0.25) is 0 Å². The van der Waals surface area contributed by atoms with Crippen LogP contribution in [0.5, 0.6) is 0 Å². The molecule has 0 unspecified atom stereocenters. The highest BCUT2D eigenvalue weighted by Crippen LogP contribution is 2.21. The molecule has 2 aliphatic rings. The summed E-state index contributed by atoms with van der Waals surface area (Å²) in [5.41, 5.74) is -0.514. The van der Waals surface area contributed by atoms with E-state index in [2.05, 4.69) is 5.32 Å². The number of nitrogens with zero attached hydrogens (tertiary/aromatic N) is 2. The van der Waals surface area contributed by atoms with E-state index in [4.69, 9.17) is 9.47 Å². The van der Waals surface area contributed by atoms with Crippen LogP contribution in [0.3, 0.4) is 0 Å². The number of carbonyl (C=O) groups is 3. The predicted octanol–water partition coefficient (Wildman–Crippen LogP) is 0.218. The number of hydrogen-bond donors (Lipinski definition) is 1. The number of likely N-dealkylation sites (tertiary alicyclic amines) is 1. The minimum Gasteiger partial charge on any atom is -0.444 e. The quantitative estimate of drug-likeness (QED) is 0.790. The number of rotatable bonds is 4. The Morgan fingerprint density at radius 2 is 1.75 bits per heavy atom. The lowest BCUT2D eigenvalue weighted by Gasteiger charge is -2.39. The number of amides is 3. The van der Waals surface area contributed by atoms with Crippen LogP contribution in [-0.4, -0.2) is 79.2 Å². The zero-order valence-corrected chi connectivity index (χ0v) is 14.7. The maximum Gasteiger partial charge on any atom is 0.410 e. The van der Waals surface area contributed by atoms with Crippen LogP contribution in [-0.2, 0) is 19.1 Å². The molecule has 2 aliphatic heterocycles. The molecule has 0 spiro atoms. The van der Waals surface area contributed by atoms with Gasteiger partial charge in [-0.2, -0.15) is 0 Å². The van der Waals surface area contributed by atoms with Crippen molar-refractivity contribution in [3.05, 3.63) is 0 Å². The molecule has 0 aromatic rings. The lowest BCUT2D eigenvalue weighted by molar-refractivity contribution is -0.136. The zero-order chi connectivity index (χ0) is 17.7. The summed E-state index contributed by atoms with van der Waals surface area (Å²) in [6.07, 6.45) is -0.0305. The summed E-state index contributed by atoms with van der Waals surface area (Å²) >= 11 is 0. The highest BCUT2D eigenvalue weighted by Gasteiger charge is 2.34. The number of hydrogen-bond acceptors (Lipinski definition) is 5. The van der Waals surface area contributed by atoms with Crippen LogP contribution in [0.4, 0.5) is 4.79 Å². The molecule has 2 heterocycles. The number of carbonyl (C=O) groups excluding carboxylic acids is 3. The molecular weight excluding hydrogens is 314 g/mol. The van der Waals surface area contributed by atoms with Crippen molar-refractivity contribution in [1.82, 2.24) is 15.1 Å². The summed E-state index contributed by atoms with van der Waals surface area (Å²) in [5.74, 6) is -0.128. The van der Waals surface area contributed by atoms with E-state index >= 15 is 0 Å². The Morgan fingerprint density at radius 3 is 2.33 bits per heavy atom. The van der Waals surface area contributed by atoms with Gasteiger partial charge in [0.05, 0.1) is 19.8 Å². The molecule has 0 aliphatic carbocycles. The highest BCUT2D eigenvalue weighted by molar-refractivity contribution is 5.85. The van der Waals surface area contributed by atoms with E-state index < -0.39 is 5.60 Å². The summed E-state index contributed by atoms with van der Waals surface area (Å²) in [7, 11) is 0. The molecule has 0 bridgehead atoms. The van der Waals surface area contributed by atoms with Gasteiger partial charge < -0.3 is 24.6 Å². The Kier molecular flexibility index (Phi) is 6.04. The molecule has 0 aromatic heterocycles. The van der Waals surface area contributed by atoms with Crippen LogP contribution >= 0.6 is 0 Å². The second-order valence-electron chi connectivity index (χ2n) is 7.23. The first-order valence-electron chi connectivity index (χ1n) is 8.35. The van der Waals surface area contributed by atoms with E-state index in [-0.39, 0.29) is 30.4 Å². The van der Waals surface area contributed by atoms with Gasteiger partial charge in [-0.25, -0.2) is 4.79 Å². The fourth-order valence-electron chi connectivity index (χ4n) is 2.61. The molecule has 2 fully saturated rings. The molecule has 0 saturated carbocycles. The maximum absolute atomic E-state index is 11.9. The molecule has 1 N–H and O–H groups in total. The fraction of sp³-hybridized carbons (Fsp3) is 0.812. The molecule has 0 radical (unpaired) electrons. The van der Waals surface area contributed by atoms with Gasteiger partial charge in [0, 0.05) is 38.5 Å². The minimum absolute atomic E-state index is 0.0152. The van der Waals surface area contributed by atoms with Crippen LogP contribution in [0.1, 0.15) is 27.2 Å². The van der Waals surface area contributed by atoms with Gasteiger partial charge in [0.15, 0.2) is 0 Å². The summed E-state index contributed by atoms with van der Waals surface area (Å²) in [6.45, 7) is 8.74. The smallest absolute Gasteiger partial charge is 0.410 e. The van der Waals surface area contributed by atoms with Crippen LogP contribution < -0.4 is 5.32 Å². The van der Waals surface area contributed by atoms with E-state index in [0.717, 1.165) is 0 Å². The second-order valence-corrected chi connectivity index (χ2v) is 7.23. The molecule has 0 atom stereocenters. The van der Waals surface area contributed by atoms with Crippen LogP contribution in [0.25, 0.3) is 0 Å². The Labute approximate surface area is 142 Å². The Bertz CT molecular complexity index is 477. The zero-order valence-electron chi connectivity index (χ0n) is 14.7. The largest absolute Gasteiger partial charge is 0.444 e. The molecule has 8 nitrogen and oxygen atoms in total. The van der Waals surface area contributed by atoms with Gasteiger partial charge in [-0.1, -0.05) is 0 Å². The summed E-state index contributed by atoms with van der Waals surface area (Å²) in [4.78, 5) is 38.9. The minimum atomic E-state index is -0.514. The number of ether oxygens (including phenoxy) is 2. The number of nitrogens with one attached hydrogen (secondary N) is 1. The van der Waals surface area contributed by atoms with Gasteiger partial charge in [0.1, 0.15) is 5.60 Å². The third-order valence-electron chi connectivity index (χ3n) is 3.88. The third-order valence-corrected chi connectivity index (χ3v) is 3.88. The summed E-state index contributed by atoms with van der Waals surface area (Å²) in [5, 5.41) is 2.66. The average molecular weight is 341 g/mol. The number of morpholine rings is 1. The lowest BCUT2D eigenvalue weighted by atomic mass is 9.96. The van der Waals surface area contributed by atoms with Crippen molar-refractivity contribution in [1.29, 1.82) is 0 Å². The molecule has 24 heavy (non-hydrogen) atoms. The average Bonchev–Trinajstić information content (AvgIpc) is 2.47. The Hall–Kier alpha value is -1.83. The van der Waals surface area contributed by atoms with Crippen molar-refractivity contribution >= 4 is 17.9 Å². The normalized spacial score (nSPS) is 18.8. The van der Waals surface area contributed by atoms with E-state index in [0.29, 0.717) is 45.8 Å². The summed E-state index contributed by atoms with van der Waals surface area (Å²) < 4.78 is 10.5. The van der Waals surface area contributed by atoms with Crippen LogP contribution in [0.15, 0.2) is 0 Å². The molecule has 3 amide bonds. The molecular formula is C16H27N3O5. The van der Waals surface area contributed by atoms with E-state index in [1.807, 2.05) is 20.8 Å². The Morgan fingerprint density at radius 1 is 1.12 bits per heavy atom. The van der Waals surface area contributed by atoms with Crippen molar-refractivity contribution < 1.29 is 23.9 Å². The van der Waals surface area contributed by atoms with Crippen molar-refractivity contribution in [3.63, 3.8) is 0 Å². The molecule has 2 rings (SSSR count). The SMILES string of the molecule is CC(C)(C)OC(=O)N1CC(CC(=O)NCC(=O)N2CCOCC2)C1. The molecule has 0 aromatic carbocycles. The fourth-order valence-corrected chi connectivity index (χ4v) is 2.61. The van der Waals surface area contributed by atoms with E-state index in [9.17, 15) is 14.4 Å². The van der Waals surface area contributed by atoms with Gasteiger partial charge in [0.2, 0.25) is 11.8 Å². The van der Waals surface area contributed by atoms with Crippen molar-refractivity contribution in [2.45, 2.75) is 32.8 Å². The standard InChI is InChI=1S/C16H27N3O5/c1-16(2,3)24-15(22)19-10-12(11-19)8-13(20)17-9-14(21)18-4-6-23-7-5-18/h12H,4-11H2,1-3H3,(H,17,20). The van der Waals surface area contributed by atoms with E-state index in [1.165, 1.54) is 0 Å². The van der Waals surface area contributed by atoms with Gasteiger partial charge >= 0.3 is 6.09 Å². The predicted molar refractivity (Wildman–Crippen MR) is 86.3 cm³/mol. The van der Waals surface area contributed by atoms with Gasteiger partial charge in [-0.15, -0.1) is 0 Å². The lowest BCUT2D eigenvalue weighted by Crippen LogP contribution is -2.53. The van der Waals surface area contributed by atoms with Crippen molar-refractivity contribution in [3.8, 4) is 0 Å². The second kappa shape index (κ2) is 7.83. The first-order chi connectivity index (χ1) is 11.2. The first kappa shape index (κ1) is 18.5. The summed E-state index contributed by atoms with van der Waals surface area (Å²) in [6, 6.07) is 0. The third kappa shape index (κ3) is 5.67. The molecule has 2 saturated heterocycles. The Balaban J connectivity index is 1.60. The topological polar surface area (TPSA) is 88.2 Å². The van der Waals surface area contributed by atoms with Crippen LogP contribution in [0, 0.1) is 5.92 Å².